The maximum Gasteiger partial charge on any atom is 0.0468 e. The minimum Gasteiger partial charge on any atom is -0.310 e. The summed E-state index contributed by atoms with van der Waals surface area (Å²) in [7, 11) is 0. The van der Waals surface area contributed by atoms with Crippen molar-refractivity contribution in [2.24, 2.45) is 0 Å². The van der Waals surface area contributed by atoms with Gasteiger partial charge < -0.3 is 9.80 Å². The number of hydrogen-bond acceptors (Lipinski definition) is 2. The summed E-state index contributed by atoms with van der Waals surface area (Å²) >= 11 is 0. The van der Waals surface area contributed by atoms with E-state index in [1.165, 1.54) is 65.3 Å². The molecule has 2 heteroatoms. The van der Waals surface area contributed by atoms with Gasteiger partial charge in [-0.25, -0.2) is 0 Å². The number of anilines is 6. The van der Waals surface area contributed by atoms with Gasteiger partial charge in [0.2, 0.25) is 0 Å². The first-order valence-electron chi connectivity index (χ1n) is 24.6. The highest BCUT2D eigenvalue weighted by Gasteiger charge is 2.17. The molecule has 0 spiro atoms. The molecular formula is C66H62N2. The molecule has 0 unspecified atom stereocenters. The predicted octanol–water partition coefficient (Wildman–Crippen LogP) is 19.9. The van der Waals surface area contributed by atoms with E-state index >= 15 is 0 Å². The van der Waals surface area contributed by atoms with E-state index in [0.717, 1.165) is 45.3 Å². The fraction of sp³-hybridized carbons (Fsp3) is 0.182. The molecule has 0 amide bonds. The van der Waals surface area contributed by atoms with E-state index in [9.17, 15) is 0 Å². The predicted molar refractivity (Wildman–Crippen MR) is 298 cm³/mol. The third-order valence-electron chi connectivity index (χ3n) is 13.9. The van der Waals surface area contributed by atoms with Crippen LogP contribution in [-0.2, 0) is 0 Å². The lowest BCUT2D eigenvalue weighted by molar-refractivity contribution is 0.868. The molecule has 0 fully saturated rings. The van der Waals surface area contributed by atoms with E-state index in [1.807, 2.05) is 0 Å². The Morgan fingerprint density at radius 3 is 0.794 bits per heavy atom. The average Bonchev–Trinajstić information content (AvgIpc) is 3.35. The topological polar surface area (TPSA) is 6.48 Å². The molecule has 2 nitrogen and oxygen atoms in total. The molecule has 0 saturated heterocycles. The van der Waals surface area contributed by atoms with E-state index < -0.39 is 0 Å². The summed E-state index contributed by atoms with van der Waals surface area (Å²) < 4.78 is 0. The van der Waals surface area contributed by atoms with Crippen molar-refractivity contribution in [1.82, 2.24) is 0 Å². The lowest BCUT2D eigenvalue weighted by atomic mass is 9.98. The number of fused-ring (bicyclic) bond motifs is 4. The van der Waals surface area contributed by atoms with E-state index in [-0.39, 0.29) is 0 Å². The first-order chi connectivity index (χ1) is 32.9. The van der Waals surface area contributed by atoms with Crippen LogP contribution in [-0.4, -0.2) is 0 Å². The number of benzene rings is 10. The van der Waals surface area contributed by atoms with Gasteiger partial charge >= 0.3 is 0 Å². The number of hydrogen-bond donors (Lipinski definition) is 0. The van der Waals surface area contributed by atoms with E-state index in [0.29, 0.717) is 23.7 Å². The van der Waals surface area contributed by atoms with Gasteiger partial charge in [0.1, 0.15) is 0 Å². The second-order valence-electron chi connectivity index (χ2n) is 20.0. The van der Waals surface area contributed by atoms with Gasteiger partial charge in [0.25, 0.3) is 0 Å². The molecule has 0 atom stereocenters. The van der Waals surface area contributed by atoms with Gasteiger partial charge in [0.05, 0.1) is 0 Å². The molecule has 0 heterocycles. The summed E-state index contributed by atoms with van der Waals surface area (Å²) in [6.45, 7) is 18.1. The van der Waals surface area contributed by atoms with Gasteiger partial charge in [-0.3, -0.25) is 0 Å². The molecule has 0 aromatic heterocycles. The van der Waals surface area contributed by atoms with Gasteiger partial charge in [-0.2, -0.15) is 0 Å². The zero-order valence-electron chi connectivity index (χ0n) is 40.8. The van der Waals surface area contributed by atoms with E-state index in [2.05, 4.69) is 271 Å². The molecule has 0 N–H and O–H groups in total. The van der Waals surface area contributed by atoms with Crippen LogP contribution in [0.1, 0.15) is 112 Å². The van der Waals surface area contributed by atoms with Crippen LogP contribution in [0, 0.1) is 0 Å². The van der Waals surface area contributed by atoms with Crippen molar-refractivity contribution in [2.75, 3.05) is 9.80 Å². The first kappa shape index (κ1) is 44.4. The number of nitrogens with zero attached hydrogens (tertiary/aromatic N) is 2. The monoisotopic (exact) mass is 882 g/mol. The van der Waals surface area contributed by atoms with Gasteiger partial charge in [-0.05, 0) is 173 Å². The molecule has 0 bridgehead atoms. The first-order valence-corrected chi connectivity index (χ1v) is 24.6. The van der Waals surface area contributed by atoms with Crippen molar-refractivity contribution >= 4 is 89.4 Å². The van der Waals surface area contributed by atoms with Crippen molar-refractivity contribution in [3.8, 4) is 0 Å². The van der Waals surface area contributed by atoms with Crippen LogP contribution in [0.3, 0.4) is 0 Å². The molecule has 10 rings (SSSR count). The molecule has 0 radical (unpaired) electrons. The Balaban J connectivity index is 0.962. The summed E-state index contributed by atoms with van der Waals surface area (Å²) in [5.41, 5.74) is 14.5. The Hall–Kier alpha value is -7.42. The van der Waals surface area contributed by atoms with Crippen LogP contribution >= 0.6 is 0 Å². The maximum absolute atomic E-state index is 2.39. The Labute approximate surface area is 403 Å². The van der Waals surface area contributed by atoms with Crippen LogP contribution in [0.5, 0.6) is 0 Å². The van der Waals surface area contributed by atoms with Crippen molar-refractivity contribution in [3.05, 3.63) is 228 Å². The highest BCUT2D eigenvalue weighted by molar-refractivity contribution is 5.95. The summed E-state index contributed by atoms with van der Waals surface area (Å²) in [6, 6.07) is 72.9. The maximum atomic E-state index is 2.39. The summed E-state index contributed by atoms with van der Waals surface area (Å²) in [5, 5.41) is 10.0. The molecule has 336 valence electrons. The van der Waals surface area contributed by atoms with Crippen molar-refractivity contribution in [1.29, 1.82) is 0 Å². The third kappa shape index (κ3) is 9.16. The Kier molecular flexibility index (Phi) is 12.2. The largest absolute Gasteiger partial charge is 0.310 e. The average molecular weight is 883 g/mol. The van der Waals surface area contributed by atoms with Crippen molar-refractivity contribution in [3.63, 3.8) is 0 Å². The van der Waals surface area contributed by atoms with Crippen LogP contribution in [0.15, 0.2) is 194 Å². The van der Waals surface area contributed by atoms with Gasteiger partial charge in [-0.15, -0.1) is 0 Å². The Morgan fingerprint density at radius 2 is 0.471 bits per heavy atom. The van der Waals surface area contributed by atoms with Crippen molar-refractivity contribution < 1.29 is 0 Å². The van der Waals surface area contributed by atoms with E-state index in [1.54, 1.807) is 0 Å². The highest BCUT2D eigenvalue weighted by atomic mass is 15.1. The lowest BCUT2D eigenvalue weighted by Crippen LogP contribution is -2.10. The fourth-order valence-corrected chi connectivity index (χ4v) is 9.56. The molecular weight excluding hydrogens is 821 g/mol. The zero-order chi connectivity index (χ0) is 47.1. The lowest BCUT2D eigenvalue weighted by Gasteiger charge is -2.26. The molecule has 10 aromatic carbocycles. The second kappa shape index (κ2) is 18.7. The van der Waals surface area contributed by atoms with Crippen LogP contribution in [0.2, 0.25) is 0 Å². The normalized spacial score (nSPS) is 12.0. The van der Waals surface area contributed by atoms with Crippen LogP contribution < -0.4 is 9.80 Å². The minimum atomic E-state index is 0.464. The standard InChI is InChI=1S/C66H62N2/c1-43(2)50-17-20-57-39-63(32-24-54(57)35-50)67(64-33-25-55-36-51(44(3)4)18-21-58(55)40-64)61-27-11-47(12-28-61)9-10-48-13-29-62(30-14-48)68(65-34-26-56-37-52(45(5)6)19-22-59(56)41-65)66-31-23-49-15-16-53(46(7)8)38-60(49)42-66/h9-46H,1-8H3/b10-9+. The van der Waals surface area contributed by atoms with Gasteiger partial charge in [0, 0.05) is 34.1 Å². The third-order valence-corrected chi connectivity index (χ3v) is 13.9. The molecule has 0 aliphatic rings. The second-order valence-corrected chi connectivity index (χ2v) is 20.0. The molecule has 0 saturated carbocycles. The summed E-state index contributed by atoms with van der Waals surface area (Å²) in [5.74, 6) is 1.92. The number of rotatable bonds is 12. The molecule has 68 heavy (non-hydrogen) atoms. The van der Waals surface area contributed by atoms with E-state index in [4.69, 9.17) is 0 Å². The smallest absolute Gasteiger partial charge is 0.0468 e. The van der Waals surface area contributed by atoms with Gasteiger partial charge in [0.15, 0.2) is 0 Å². The summed E-state index contributed by atoms with van der Waals surface area (Å²) in [4.78, 5) is 4.78. The Morgan fingerprint density at radius 1 is 0.235 bits per heavy atom. The van der Waals surface area contributed by atoms with Crippen LogP contribution in [0.4, 0.5) is 34.1 Å². The Bertz CT molecular complexity index is 3370. The molecule has 0 aliphatic heterocycles. The fourth-order valence-electron chi connectivity index (χ4n) is 9.56. The van der Waals surface area contributed by atoms with Gasteiger partial charge in [-0.1, -0.05) is 189 Å². The SMILES string of the molecule is CC(C)c1ccc2cc(N(c3ccc(/C=C/c4ccc(N(c5ccc6cc(C(C)C)ccc6c5)c5ccc6ccc(C(C)C)cc6c5)cc4)cc3)c3ccc4cc(C(C)C)ccc4c3)ccc2c1. The minimum absolute atomic E-state index is 0.464. The summed E-state index contributed by atoms with van der Waals surface area (Å²) in [6.07, 6.45) is 4.44. The highest BCUT2D eigenvalue weighted by Crippen LogP contribution is 2.41. The zero-order valence-corrected chi connectivity index (χ0v) is 40.8. The molecule has 0 aliphatic carbocycles. The quantitative estimate of drug-likeness (QED) is 0.113. The van der Waals surface area contributed by atoms with Crippen LogP contribution in [0.25, 0.3) is 55.2 Å². The van der Waals surface area contributed by atoms with Crippen molar-refractivity contribution in [2.45, 2.75) is 79.1 Å². The molecule has 10 aromatic rings.